The predicted octanol–water partition coefficient (Wildman–Crippen LogP) is 2.69. The summed E-state index contributed by atoms with van der Waals surface area (Å²) in [6, 6.07) is 0. The van der Waals surface area contributed by atoms with Crippen LogP contribution in [0.4, 0.5) is 0 Å². The van der Waals surface area contributed by atoms with Crippen LogP contribution in [-0.2, 0) is 11.2 Å². The average Bonchev–Trinajstić information content (AvgIpc) is 2.76. The van der Waals surface area contributed by atoms with Crippen LogP contribution in [0.25, 0.3) is 0 Å². The van der Waals surface area contributed by atoms with Gasteiger partial charge < -0.3 is 5.32 Å². The summed E-state index contributed by atoms with van der Waals surface area (Å²) in [6.07, 6.45) is 6.79. The SMILES string of the molecule is Cc1ncsc1CCNC(=O)C1CCCCC1. The lowest BCUT2D eigenvalue weighted by molar-refractivity contribution is -0.125. The Bertz CT molecular complexity index is 369. The average molecular weight is 252 g/mol. The first-order chi connectivity index (χ1) is 8.27. The fourth-order valence-electron chi connectivity index (χ4n) is 2.37. The molecule has 0 radical (unpaired) electrons. The highest BCUT2D eigenvalue weighted by Crippen LogP contribution is 2.23. The molecule has 94 valence electrons. The molecule has 0 bridgehead atoms. The van der Waals surface area contributed by atoms with E-state index >= 15 is 0 Å². The van der Waals surface area contributed by atoms with Crippen LogP contribution in [0.1, 0.15) is 42.7 Å². The van der Waals surface area contributed by atoms with E-state index in [0.29, 0.717) is 0 Å². The minimum atomic E-state index is 0.256. The van der Waals surface area contributed by atoms with E-state index in [1.54, 1.807) is 11.3 Å². The molecule has 1 fully saturated rings. The van der Waals surface area contributed by atoms with Crippen molar-refractivity contribution in [3.63, 3.8) is 0 Å². The zero-order valence-corrected chi connectivity index (χ0v) is 11.2. The Balaban J connectivity index is 1.71. The molecule has 1 heterocycles. The number of rotatable bonds is 4. The van der Waals surface area contributed by atoms with Crippen LogP contribution in [-0.4, -0.2) is 17.4 Å². The third kappa shape index (κ3) is 3.53. The number of nitrogens with one attached hydrogen (secondary N) is 1. The maximum absolute atomic E-state index is 11.9. The molecular formula is C13H20N2OS. The monoisotopic (exact) mass is 252 g/mol. The van der Waals surface area contributed by atoms with Crippen molar-refractivity contribution >= 4 is 17.2 Å². The van der Waals surface area contributed by atoms with E-state index in [9.17, 15) is 4.79 Å². The number of aryl methyl sites for hydroxylation is 1. The summed E-state index contributed by atoms with van der Waals surface area (Å²) in [5.74, 6) is 0.526. The summed E-state index contributed by atoms with van der Waals surface area (Å²) in [7, 11) is 0. The number of thiazole rings is 1. The molecule has 1 saturated carbocycles. The molecule has 1 aromatic heterocycles. The maximum atomic E-state index is 11.9. The van der Waals surface area contributed by atoms with E-state index in [2.05, 4.69) is 10.3 Å². The van der Waals surface area contributed by atoms with E-state index in [4.69, 9.17) is 0 Å². The van der Waals surface area contributed by atoms with Gasteiger partial charge >= 0.3 is 0 Å². The molecule has 1 aliphatic carbocycles. The van der Waals surface area contributed by atoms with Gasteiger partial charge in [0.1, 0.15) is 0 Å². The van der Waals surface area contributed by atoms with Crippen LogP contribution in [0.5, 0.6) is 0 Å². The molecule has 0 saturated heterocycles. The van der Waals surface area contributed by atoms with Crippen molar-refractivity contribution in [3.8, 4) is 0 Å². The molecule has 2 rings (SSSR count). The van der Waals surface area contributed by atoms with Gasteiger partial charge in [-0.05, 0) is 19.8 Å². The lowest BCUT2D eigenvalue weighted by atomic mass is 9.89. The Morgan fingerprint density at radius 2 is 2.24 bits per heavy atom. The topological polar surface area (TPSA) is 42.0 Å². The number of carbonyl (C=O) groups excluding carboxylic acids is 1. The Kier molecular flexibility index (Phi) is 4.54. The highest BCUT2D eigenvalue weighted by atomic mass is 32.1. The van der Waals surface area contributed by atoms with Crippen molar-refractivity contribution in [1.82, 2.24) is 10.3 Å². The smallest absolute Gasteiger partial charge is 0.223 e. The molecule has 1 N–H and O–H groups in total. The van der Waals surface area contributed by atoms with E-state index in [0.717, 1.165) is 31.5 Å². The van der Waals surface area contributed by atoms with E-state index in [-0.39, 0.29) is 11.8 Å². The van der Waals surface area contributed by atoms with Crippen LogP contribution < -0.4 is 5.32 Å². The molecule has 0 spiro atoms. The van der Waals surface area contributed by atoms with Gasteiger partial charge in [-0.2, -0.15) is 0 Å². The molecule has 0 aromatic carbocycles. The number of amides is 1. The van der Waals surface area contributed by atoms with Crippen LogP contribution in [0, 0.1) is 12.8 Å². The second-order valence-electron chi connectivity index (χ2n) is 4.74. The standard InChI is InChI=1S/C13H20N2OS/c1-10-12(17-9-15-10)7-8-14-13(16)11-5-3-2-4-6-11/h9,11H,2-8H2,1H3,(H,14,16). The number of hydrogen-bond acceptors (Lipinski definition) is 3. The number of aromatic nitrogens is 1. The molecule has 1 aliphatic rings. The van der Waals surface area contributed by atoms with Crippen molar-refractivity contribution in [2.45, 2.75) is 45.4 Å². The molecule has 3 nitrogen and oxygen atoms in total. The quantitative estimate of drug-likeness (QED) is 0.895. The van der Waals surface area contributed by atoms with Crippen molar-refractivity contribution in [3.05, 3.63) is 16.1 Å². The zero-order valence-electron chi connectivity index (χ0n) is 10.4. The first-order valence-corrected chi connectivity index (χ1v) is 7.32. The van der Waals surface area contributed by atoms with Crippen LogP contribution in [0.15, 0.2) is 5.51 Å². The van der Waals surface area contributed by atoms with Gasteiger partial charge in [-0.3, -0.25) is 4.79 Å². The van der Waals surface area contributed by atoms with Crippen molar-refractivity contribution < 1.29 is 4.79 Å². The normalized spacial score (nSPS) is 17.0. The molecule has 1 amide bonds. The molecule has 0 unspecified atom stereocenters. The van der Waals surface area contributed by atoms with Crippen LogP contribution >= 0.6 is 11.3 Å². The lowest BCUT2D eigenvalue weighted by Gasteiger charge is -2.20. The fourth-order valence-corrected chi connectivity index (χ4v) is 3.16. The highest BCUT2D eigenvalue weighted by Gasteiger charge is 2.20. The number of hydrogen-bond donors (Lipinski definition) is 1. The second-order valence-corrected chi connectivity index (χ2v) is 5.68. The Morgan fingerprint density at radius 3 is 2.88 bits per heavy atom. The first kappa shape index (κ1) is 12.6. The second kappa shape index (κ2) is 6.15. The van der Waals surface area contributed by atoms with Crippen molar-refractivity contribution in [2.75, 3.05) is 6.54 Å². The zero-order chi connectivity index (χ0) is 12.1. The van der Waals surface area contributed by atoms with Gasteiger partial charge in [0.25, 0.3) is 0 Å². The third-order valence-electron chi connectivity index (χ3n) is 3.47. The summed E-state index contributed by atoms with van der Waals surface area (Å²) >= 11 is 1.67. The lowest BCUT2D eigenvalue weighted by Crippen LogP contribution is -2.33. The number of carbonyl (C=O) groups is 1. The highest BCUT2D eigenvalue weighted by molar-refractivity contribution is 7.09. The summed E-state index contributed by atoms with van der Waals surface area (Å²) < 4.78 is 0. The molecule has 1 aromatic rings. The van der Waals surface area contributed by atoms with E-state index < -0.39 is 0 Å². The molecule has 17 heavy (non-hydrogen) atoms. The van der Waals surface area contributed by atoms with Gasteiger partial charge in [0, 0.05) is 23.8 Å². The summed E-state index contributed by atoms with van der Waals surface area (Å²) in [6.45, 7) is 2.77. The van der Waals surface area contributed by atoms with Gasteiger partial charge in [-0.25, -0.2) is 4.98 Å². The van der Waals surface area contributed by atoms with Crippen LogP contribution in [0.3, 0.4) is 0 Å². The number of nitrogens with zero attached hydrogens (tertiary/aromatic N) is 1. The minimum absolute atomic E-state index is 0.256. The third-order valence-corrected chi connectivity index (χ3v) is 4.47. The van der Waals surface area contributed by atoms with Gasteiger partial charge in [0.2, 0.25) is 5.91 Å². The molecule has 0 aliphatic heterocycles. The van der Waals surface area contributed by atoms with E-state index in [1.165, 1.54) is 24.1 Å². The molecular weight excluding hydrogens is 232 g/mol. The van der Waals surface area contributed by atoms with Gasteiger partial charge in [-0.15, -0.1) is 11.3 Å². The Hall–Kier alpha value is -0.900. The van der Waals surface area contributed by atoms with Gasteiger partial charge in [-0.1, -0.05) is 19.3 Å². The summed E-state index contributed by atoms with van der Waals surface area (Å²) in [5.41, 5.74) is 2.97. The Labute approximate surface area is 107 Å². The summed E-state index contributed by atoms with van der Waals surface area (Å²) in [5, 5.41) is 3.06. The summed E-state index contributed by atoms with van der Waals surface area (Å²) in [4.78, 5) is 17.4. The van der Waals surface area contributed by atoms with Crippen molar-refractivity contribution in [2.24, 2.45) is 5.92 Å². The predicted molar refractivity (Wildman–Crippen MR) is 70.1 cm³/mol. The van der Waals surface area contributed by atoms with Gasteiger partial charge in [0.15, 0.2) is 0 Å². The van der Waals surface area contributed by atoms with Crippen molar-refractivity contribution in [1.29, 1.82) is 0 Å². The fraction of sp³-hybridized carbons (Fsp3) is 0.692. The molecule has 4 heteroatoms. The van der Waals surface area contributed by atoms with Gasteiger partial charge in [0.05, 0.1) is 11.2 Å². The van der Waals surface area contributed by atoms with E-state index in [1.807, 2.05) is 12.4 Å². The first-order valence-electron chi connectivity index (χ1n) is 6.44. The Morgan fingerprint density at radius 1 is 1.47 bits per heavy atom. The minimum Gasteiger partial charge on any atom is -0.356 e. The molecule has 0 atom stereocenters. The van der Waals surface area contributed by atoms with Crippen LogP contribution in [0.2, 0.25) is 0 Å². The largest absolute Gasteiger partial charge is 0.356 e. The maximum Gasteiger partial charge on any atom is 0.223 e.